The highest BCUT2D eigenvalue weighted by Gasteiger charge is 2.31. The predicted molar refractivity (Wildman–Crippen MR) is 103 cm³/mol. The molecular formula is C19H18F3N5O2S. The number of hydrogen-bond acceptors (Lipinski definition) is 6. The van der Waals surface area contributed by atoms with Gasteiger partial charge >= 0.3 is 6.36 Å². The van der Waals surface area contributed by atoms with Gasteiger partial charge < -0.3 is 9.30 Å². The largest absolute Gasteiger partial charge is 0.573 e. The Kier molecular flexibility index (Phi) is 5.31. The molecule has 0 amide bonds. The Labute approximate surface area is 174 Å². The topological polar surface area (TPSA) is 74.8 Å². The summed E-state index contributed by atoms with van der Waals surface area (Å²) in [5.74, 6) is -0.219. The molecule has 0 N–H and O–H groups in total. The highest BCUT2D eigenvalue weighted by molar-refractivity contribution is 7.99. The Morgan fingerprint density at radius 3 is 2.57 bits per heavy atom. The zero-order valence-corrected chi connectivity index (χ0v) is 17.0. The van der Waals surface area contributed by atoms with E-state index in [1.54, 1.807) is 0 Å². The number of carbonyl (C=O) groups is 1. The third-order valence-corrected chi connectivity index (χ3v) is 5.70. The van der Waals surface area contributed by atoms with E-state index in [0.717, 1.165) is 24.2 Å². The number of benzene rings is 1. The summed E-state index contributed by atoms with van der Waals surface area (Å²) >= 11 is 1.17. The minimum Gasteiger partial charge on any atom is -0.406 e. The molecule has 0 bridgehead atoms. The van der Waals surface area contributed by atoms with E-state index in [-0.39, 0.29) is 17.3 Å². The van der Waals surface area contributed by atoms with E-state index in [0.29, 0.717) is 22.4 Å². The first-order valence-corrected chi connectivity index (χ1v) is 10.2. The van der Waals surface area contributed by atoms with E-state index in [2.05, 4.69) is 24.8 Å². The van der Waals surface area contributed by atoms with E-state index in [1.807, 2.05) is 19.9 Å². The molecular weight excluding hydrogens is 419 g/mol. The van der Waals surface area contributed by atoms with Gasteiger partial charge in [0.1, 0.15) is 5.75 Å². The van der Waals surface area contributed by atoms with Crippen molar-refractivity contribution in [1.82, 2.24) is 24.8 Å². The van der Waals surface area contributed by atoms with Gasteiger partial charge in [-0.3, -0.25) is 4.79 Å². The molecule has 2 aromatic heterocycles. The fraction of sp³-hybridized carbons (Fsp3) is 0.368. The van der Waals surface area contributed by atoms with E-state index in [4.69, 9.17) is 0 Å². The normalized spacial score (nSPS) is 14.2. The Balaban J connectivity index is 1.45. The number of tetrazole rings is 1. The number of Topliss-reactive ketones (excluding diaryl/α,β-unsaturated/α-hetero) is 1. The van der Waals surface area contributed by atoms with Crippen LogP contribution < -0.4 is 4.74 Å². The van der Waals surface area contributed by atoms with Crippen LogP contribution in [0.5, 0.6) is 5.75 Å². The maximum absolute atomic E-state index is 12.8. The number of rotatable bonds is 7. The first-order valence-electron chi connectivity index (χ1n) is 9.22. The lowest BCUT2D eigenvalue weighted by Gasteiger charge is -2.09. The van der Waals surface area contributed by atoms with Gasteiger partial charge in [-0.2, -0.15) is 4.68 Å². The highest BCUT2D eigenvalue weighted by atomic mass is 32.2. The monoisotopic (exact) mass is 437 g/mol. The average Bonchev–Trinajstić information content (AvgIpc) is 3.31. The lowest BCUT2D eigenvalue weighted by Crippen LogP contribution is -2.17. The number of aryl methyl sites for hydroxylation is 1. The van der Waals surface area contributed by atoms with Crippen LogP contribution in [-0.2, 0) is 0 Å². The summed E-state index contributed by atoms with van der Waals surface area (Å²) in [5.41, 5.74) is 3.20. The standard InChI is InChI=1S/C19H18F3N5O2S/c1-11-9-16(12(2)26(11)13-3-4-13)17(28)10-30-18-23-24-25-27(18)14-5-7-15(8-6-14)29-19(20,21)22/h5-9,13H,3-4,10H2,1-2H3. The van der Waals surface area contributed by atoms with Crippen molar-refractivity contribution in [3.8, 4) is 11.4 Å². The minimum atomic E-state index is -4.76. The van der Waals surface area contributed by atoms with Gasteiger partial charge in [0.15, 0.2) is 5.78 Å². The van der Waals surface area contributed by atoms with Gasteiger partial charge in [0.25, 0.3) is 0 Å². The van der Waals surface area contributed by atoms with E-state index >= 15 is 0 Å². The molecule has 0 unspecified atom stereocenters. The smallest absolute Gasteiger partial charge is 0.406 e. The molecule has 2 heterocycles. The van der Waals surface area contributed by atoms with Crippen molar-refractivity contribution in [2.75, 3.05) is 5.75 Å². The minimum absolute atomic E-state index is 0.0246. The van der Waals surface area contributed by atoms with Crippen molar-refractivity contribution >= 4 is 17.5 Å². The molecule has 4 rings (SSSR count). The van der Waals surface area contributed by atoms with Crippen LogP contribution >= 0.6 is 11.8 Å². The molecule has 1 saturated carbocycles. The van der Waals surface area contributed by atoms with Crippen LogP contribution in [0.2, 0.25) is 0 Å². The molecule has 1 fully saturated rings. The second-order valence-corrected chi connectivity index (χ2v) is 7.96. The van der Waals surface area contributed by atoms with E-state index in [9.17, 15) is 18.0 Å². The number of alkyl halides is 3. The zero-order valence-electron chi connectivity index (χ0n) is 16.2. The van der Waals surface area contributed by atoms with Crippen LogP contribution in [0.1, 0.15) is 40.6 Å². The SMILES string of the molecule is Cc1cc(C(=O)CSc2nnnn2-c2ccc(OC(F)(F)F)cc2)c(C)n1C1CC1. The van der Waals surface area contributed by atoms with E-state index < -0.39 is 6.36 Å². The third kappa shape index (κ3) is 4.35. The van der Waals surface area contributed by atoms with Crippen LogP contribution in [0.3, 0.4) is 0 Å². The molecule has 11 heteroatoms. The maximum Gasteiger partial charge on any atom is 0.573 e. The van der Waals surface area contributed by atoms with Crippen LogP contribution in [-0.4, -0.2) is 42.7 Å². The second kappa shape index (κ2) is 7.78. The Morgan fingerprint density at radius 2 is 1.93 bits per heavy atom. The number of thioether (sulfide) groups is 1. The lowest BCUT2D eigenvalue weighted by molar-refractivity contribution is -0.274. The predicted octanol–water partition coefficient (Wildman–Crippen LogP) is 4.29. The number of ketones is 1. The number of aromatic nitrogens is 5. The molecule has 1 aliphatic carbocycles. The van der Waals surface area contributed by atoms with Crippen molar-refractivity contribution in [2.45, 2.75) is 44.2 Å². The molecule has 1 aromatic carbocycles. The first kappa shape index (κ1) is 20.5. The highest BCUT2D eigenvalue weighted by Crippen LogP contribution is 2.38. The summed E-state index contributed by atoms with van der Waals surface area (Å²) < 4.78 is 44.3. The van der Waals surface area contributed by atoms with Crippen molar-refractivity contribution in [3.63, 3.8) is 0 Å². The summed E-state index contributed by atoms with van der Waals surface area (Å²) in [6, 6.07) is 7.59. The molecule has 7 nitrogen and oxygen atoms in total. The van der Waals surface area contributed by atoms with Gasteiger partial charge in [-0.05, 0) is 67.4 Å². The molecule has 0 radical (unpaired) electrons. The molecule has 0 atom stereocenters. The van der Waals surface area contributed by atoms with Gasteiger partial charge in [-0.15, -0.1) is 18.3 Å². The lowest BCUT2D eigenvalue weighted by atomic mass is 10.2. The summed E-state index contributed by atoms with van der Waals surface area (Å²) in [6.45, 7) is 3.96. The fourth-order valence-corrected chi connectivity index (χ4v) is 4.16. The van der Waals surface area contributed by atoms with Gasteiger partial charge in [0.2, 0.25) is 5.16 Å². The van der Waals surface area contributed by atoms with Crippen LogP contribution in [0.15, 0.2) is 35.5 Å². The van der Waals surface area contributed by atoms with Crippen LogP contribution in [0.4, 0.5) is 13.2 Å². The van der Waals surface area contributed by atoms with Crippen molar-refractivity contribution in [1.29, 1.82) is 0 Å². The Hall–Kier alpha value is -2.82. The maximum atomic E-state index is 12.8. The van der Waals surface area contributed by atoms with Crippen LogP contribution in [0, 0.1) is 13.8 Å². The van der Waals surface area contributed by atoms with Crippen molar-refractivity contribution in [2.24, 2.45) is 0 Å². The number of ether oxygens (including phenoxy) is 1. The van der Waals surface area contributed by atoms with Gasteiger partial charge in [0, 0.05) is 23.0 Å². The summed E-state index contributed by atoms with van der Waals surface area (Å²) in [5, 5.41) is 11.8. The molecule has 3 aromatic rings. The zero-order chi connectivity index (χ0) is 21.5. The Bertz CT molecular complexity index is 1070. The summed E-state index contributed by atoms with van der Waals surface area (Å²) in [7, 11) is 0. The van der Waals surface area contributed by atoms with Gasteiger partial charge in [-0.1, -0.05) is 11.8 Å². The molecule has 0 aliphatic heterocycles. The molecule has 30 heavy (non-hydrogen) atoms. The van der Waals surface area contributed by atoms with E-state index in [1.165, 1.54) is 40.7 Å². The summed E-state index contributed by atoms with van der Waals surface area (Å²) in [4.78, 5) is 12.8. The van der Waals surface area contributed by atoms with Crippen molar-refractivity contribution < 1.29 is 22.7 Å². The van der Waals surface area contributed by atoms with Crippen molar-refractivity contribution in [3.05, 3.63) is 47.3 Å². The molecule has 158 valence electrons. The first-order chi connectivity index (χ1) is 14.2. The molecule has 1 aliphatic rings. The third-order valence-electron chi connectivity index (χ3n) is 4.78. The quantitative estimate of drug-likeness (QED) is 0.406. The van der Waals surface area contributed by atoms with Gasteiger partial charge in [-0.25, -0.2) is 0 Å². The number of halogens is 3. The Morgan fingerprint density at radius 1 is 1.23 bits per heavy atom. The molecule has 0 saturated heterocycles. The van der Waals surface area contributed by atoms with Crippen LogP contribution in [0.25, 0.3) is 5.69 Å². The number of nitrogens with zero attached hydrogens (tertiary/aromatic N) is 5. The fourth-order valence-electron chi connectivity index (χ4n) is 3.38. The second-order valence-electron chi connectivity index (χ2n) is 7.01. The van der Waals surface area contributed by atoms with Gasteiger partial charge in [0.05, 0.1) is 11.4 Å². The number of hydrogen-bond donors (Lipinski definition) is 0. The number of carbonyl (C=O) groups excluding carboxylic acids is 1. The summed E-state index contributed by atoms with van der Waals surface area (Å²) in [6.07, 6.45) is -2.48. The average molecular weight is 437 g/mol. The molecule has 0 spiro atoms.